The van der Waals surface area contributed by atoms with Gasteiger partial charge in [-0.25, -0.2) is 0 Å². The Balaban J connectivity index is 1.71. The van der Waals surface area contributed by atoms with Crippen molar-refractivity contribution < 1.29 is 14.1 Å². The predicted octanol–water partition coefficient (Wildman–Crippen LogP) is 3.29. The Morgan fingerprint density at radius 3 is 2.57 bits per heavy atom. The molecule has 0 aliphatic carbocycles. The summed E-state index contributed by atoms with van der Waals surface area (Å²) in [6, 6.07) is 11.9. The monoisotopic (exact) mass is 329 g/mol. The molecule has 3 rings (SSSR count). The maximum Gasteiger partial charge on any atom is 0.594 e. The van der Waals surface area contributed by atoms with E-state index in [2.05, 4.69) is 17.4 Å². The van der Waals surface area contributed by atoms with Gasteiger partial charge in [-0.05, 0) is 37.8 Å². The van der Waals surface area contributed by atoms with E-state index in [-0.39, 0.29) is 5.91 Å². The lowest BCUT2D eigenvalue weighted by atomic mass is 9.82. The van der Waals surface area contributed by atoms with Crippen LogP contribution in [-0.4, -0.2) is 24.4 Å². The van der Waals surface area contributed by atoms with E-state index < -0.39 is 18.5 Å². The third-order valence-electron chi connectivity index (χ3n) is 4.46. The largest absolute Gasteiger partial charge is 0.594 e. The lowest BCUT2D eigenvalue weighted by Crippen LogP contribution is -2.46. The van der Waals surface area contributed by atoms with Crippen LogP contribution in [0.25, 0.3) is 0 Å². The second-order valence-corrected chi connectivity index (χ2v) is 7.24. The van der Waals surface area contributed by atoms with E-state index in [1.54, 1.807) is 11.4 Å². The van der Waals surface area contributed by atoms with Crippen molar-refractivity contribution in [1.29, 1.82) is 0 Å². The fourth-order valence-electron chi connectivity index (χ4n) is 2.68. The Hall–Kier alpha value is -1.63. The van der Waals surface area contributed by atoms with Crippen molar-refractivity contribution in [3.8, 4) is 0 Å². The van der Waals surface area contributed by atoms with Crippen molar-refractivity contribution in [1.82, 2.24) is 5.23 Å². The van der Waals surface area contributed by atoms with Gasteiger partial charge in [-0.3, -0.25) is 4.79 Å². The van der Waals surface area contributed by atoms with E-state index in [1.807, 2.05) is 44.4 Å². The summed E-state index contributed by atoms with van der Waals surface area (Å²) in [6.45, 7) is 6.01. The first kappa shape index (κ1) is 16.2. The van der Waals surface area contributed by atoms with Crippen molar-refractivity contribution in [2.75, 3.05) is 0 Å². The van der Waals surface area contributed by atoms with Gasteiger partial charge in [0.2, 0.25) is 5.91 Å². The van der Waals surface area contributed by atoms with E-state index in [0.717, 1.165) is 0 Å². The van der Waals surface area contributed by atoms with Crippen LogP contribution in [0.4, 0.5) is 0 Å². The van der Waals surface area contributed by atoms with Crippen LogP contribution in [-0.2, 0) is 15.7 Å². The Morgan fingerprint density at radius 2 is 1.91 bits per heavy atom. The highest BCUT2D eigenvalue weighted by atomic mass is 32.1. The summed E-state index contributed by atoms with van der Waals surface area (Å²) in [6.07, 6.45) is 0.714. The van der Waals surface area contributed by atoms with Gasteiger partial charge in [-0.1, -0.05) is 30.3 Å². The fourth-order valence-corrected chi connectivity index (χ4v) is 3.31. The fraction of sp³-hybridized carbons (Fsp3) is 0.353. The third-order valence-corrected chi connectivity index (χ3v) is 5.14. The number of carbonyl (C=O) groups is 1. The minimum Gasteiger partial charge on any atom is -0.384 e. The van der Waals surface area contributed by atoms with Gasteiger partial charge in [0.25, 0.3) is 0 Å². The Morgan fingerprint density at radius 1 is 1.17 bits per heavy atom. The highest BCUT2D eigenvalue weighted by molar-refractivity contribution is 7.08. The molecule has 1 fully saturated rings. The smallest absolute Gasteiger partial charge is 0.384 e. The maximum absolute atomic E-state index is 12.2. The molecule has 1 saturated heterocycles. The summed E-state index contributed by atoms with van der Waals surface area (Å²) in [4.78, 5) is 12.2. The molecule has 0 spiro atoms. The van der Waals surface area contributed by atoms with E-state index in [9.17, 15) is 4.79 Å². The highest BCUT2D eigenvalue weighted by Crippen LogP contribution is 2.39. The van der Waals surface area contributed by atoms with Crippen LogP contribution < -0.4 is 5.23 Å². The van der Waals surface area contributed by atoms with Crippen molar-refractivity contribution in [3.63, 3.8) is 0 Å². The molecule has 1 aliphatic heterocycles. The summed E-state index contributed by atoms with van der Waals surface area (Å²) >= 11 is 1.48. The Bertz CT molecular complexity index is 674. The average Bonchev–Trinajstić information content (AvgIpc) is 3.07. The molecule has 1 aliphatic rings. The number of hydrogen-bond donors (Lipinski definition) is 1. The lowest BCUT2D eigenvalue weighted by Gasteiger charge is -2.36. The molecule has 4 nitrogen and oxygen atoms in total. The molecule has 0 saturated carbocycles. The maximum atomic E-state index is 12.2. The first-order valence-corrected chi connectivity index (χ1v) is 8.57. The van der Waals surface area contributed by atoms with E-state index >= 15 is 0 Å². The molecule has 23 heavy (non-hydrogen) atoms. The normalized spacial score (nSPS) is 23.0. The van der Waals surface area contributed by atoms with Gasteiger partial charge in [0, 0.05) is 17.4 Å². The van der Waals surface area contributed by atoms with Gasteiger partial charge in [0.1, 0.15) is 0 Å². The first-order valence-electron chi connectivity index (χ1n) is 7.62. The van der Waals surface area contributed by atoms with Crippen molar-refractivity contribution >= 4 is 24.5 Å². The molecular weight excluding hydrogens is 309 g/mol. The molecule has 1 aromatic heterocycles. The van der Waals surface area contributed by atoms with Gasteiger partial charge in [-0.2, -0.15) is 11.3 Å². The Kier molecular flexibility index (Phi) is 4.32. The topological polar surface area (TPSA) is 47.6 Å². The van der Waals surface area contributed by atoms with E-state index in [0.29, 0.717) is 12.0 Å². The third kappa shape index (κ3) is 3.34. The average molecular weight is 329 g/mol. The second-order valence-electron chi connectivity index (χ2n) is 6.46. The number of carbonyl (C=O) groups excluding carboxylic acids is 1. The second kappa shape index (κ2) is 6.11. The van der Waals surface area contributed by atoms with Gasteiger partial charge in [0.05, 0.1) is 11.2 Å². The predicted molar refractivity (Wildman–Crippen MR) is 92.3 cm³/mol. The molecular formula is C17H20BNO3S. The van der Waals surface area contributed by atoms with Crippen LogP contribution in [0.3, 0.4) is 0 Å². The molecule has 6 heteroatoms. The van der Waals surface area contributed by atoms with Crippen LogP contribution >= 0.6 is 11.3 Å². The molecule has 2 heterocycles. The van der Waals surface area contributed by atoms with Crippen LogP contribution in [0.1, 0.15) is 36.7 Å². The number of hydrogen-bond acceptors (Lipinski definition) is 4. The van der Waals surface area contributed by atoms with Crippen LogP contribution in [0.2, 0.25) is 0 Å². The number of benzene rings is 1. The van der Waals surface area contributed by atoms with Crippen LogP contribution in [0, 0.1) is 0 Å². The van der Waals surface area contributed by atoms with Crippen LogP contribution in [0.5, 0.6) is 0 Å². The zero-order chi connectivity index (χ0) is 16.5. The molecule has 1 amide bonds. The van der Waals surface area contributed by atoms with Crippen molar-refractivity contribution in [3.05, 3.63) is 58.3 Å². The van der Waals surface area contributed by atoms with Gasteiger partial charge < -0.3 is 14.5 Å². The minimum atomic E-state index is -0.744. The molecule has 1 atom stereocenters. The molecule has 1 aromatic carbocycles. The SMILES string of the molecule is CC1(C)OB(NC(=O)c2ccsc2)OC1(C)Cc1ccccc1. The summed E-state index contributed by atoms with van der Waals surface area (Å²) in [7, 11) is -0.744. The zero-order valence-corrected chi connectivity index (χ0v) is 14.4. The van der Waals surface area contributed by atoms with Crippen molar-refractivity contribution in [2.24, 2.45) is 0 Å². The molecule has 120 valence electrons. The summed E-state index contributed by atoms with van der Waals surface area (Å²) in [5, 5.41) is 6.48. The summed E-state index contributed by atoms with van der Waals surface area (Å²) in [5.41, 5.74) is 0.754. The number of nitrogens with one attached hydrogen (secondary N) is 1. The van der Waals surface area contributed by atoms with E-state index in [4.69, 9.17) is 9.31 Å². The lowest BCUT2D eigenvalue weighted by molar-refractivity contribution is -0.00877. The highest BCUT2D eigenvalue weighted by Gasteiger charge is 2.55. The standard InChI is InChI=1S/C17H20BNO3S/c1-16(2)17(3,11-13-7-5-4-6-8-13)22-18(21-16)19-15(20)14-9-10-23-12-14/h4-10,12H,11H2,1-3H3,(H,19,20). The summed E-state index contributed by atoms with van der Waals surface area (Å²) < 4.78 is 12.0. The quantitative estimate of drug-likeness (QED) is 0.876. The molecule has 2 aromatic rings. The van der Waals surface area contributed by atoms with Crippen molar-refractivity contribution in [2.45, 2.75) is 38.4 Å². The first-order chi connectivity index (χ1) is 10.9. The molecule has 1 N–H and O–H groups in total. The van der Waals surface area contributed by atoms with Gasteiger partial charge in [0.15, 0.2) is 0 Å². The van der Waals surface area contributed by atoms with E-state index in [1.165, 1.54) is 16.9 Å². The van der Waals surface area contributed by atoms with Gasteiger partial charge in [-0.15, -0.1) is 0 Å². The molecule has 1 unspecified atom stereocenters. The minimum absolute atomic E-state index is 0.184. The Labute approximate surface area is 141 Å². The molecule has 0 radical (unpaired) electrons. The number of thiophene rings is 1. The summed E-state index contributed by atoms with van der Waals surface area (Å²) in [5.74, 6) is -0.184. The number of rotatable bonds is 4. The van der Waals surface area contributed by atoms with Gasteiger partial charge >= 0.3 is 7.25 Å². The number of amides is 1. The van der Waals surface area contributed by atoms with Crippen LogP contribution in [0.15, 0.2) is 47.2 Å². The zero-order valence-electron chi connectivity index (χ0n) is 13.5. The molecule has 0 bridgehead atoms.